The highest BCUT2D eigenvalue weighted by Gasteiger charge is 2.14. The molecular formula is C6H7NO3. The second kappa shape index (κ2) is 4.50. The highest BCUT2D eigenvalue weighted by molar-refractivity contribution is 5.73. The van der Waals surface area contributed by atoms with Gasteiger partial charge in [0.1, 0.15) is 12.2 Å². The number of nitrogens with zero attached hydrogens (tertiary/aromatic N) is 1. The molecule has 10 heavy (non-hydrogen) atoms. The van der Waals surface area contributed by atoms with E-state index in [1.807, 2.05) is 0 Å². The molecule has 0 aliphatic rings. The molecule has 1 unspecified atom stereocenters. The van der Waals surface area contributed by atoms with Crippen LogP contribution in [0.5, 0.6) is 0 Å². The third kappa shape index (κ3) is 2.82. The second-order valence-electron chi connectivity index (χ2n) is 1.76. The fourth-order valence-corrected chi connectivity index (χ4v) is 0.478. The molecule has 4 nitrogen and oxygen atoms in total. The zero-order valence-electron chi connectivity index (χ0n) is 5.28. The van der Waals surface area contributed by atoms with E-state index in [4.69, 9.17) is 10.4 Å². The molecule has 0 saturated heterocycles. The summed E-state index contributed by atoms with van der Waals surface area (Å²) in [6.45, 7) is 0. The number of rotatable bonds is 4. The van der Waals surface area contributed by atoms with Crippen LogP contribution in [-0.4, -0.2) is 17.4 Å². The minimum absolute atomic E-state index is 0.106. The van der Waals surface area contributed by atoms with Crippen LogP contribution in [0.4, 0.5) is 0 Å². The third-order valence-corrected chi connectivity index (χ3v) is 1.03. The van der Waals surface area contributed by atoms with E-state index in [1.54, 1.807) is 6.07 Å². The Morgan fingerprint density at radius 1 is 1.80 bits per heavy atom. The van der Waals surface area contributed by atoms with Crippen molar-refractivity contribution in [1.82, 2.24) is 0 Å². The lowest BCUT2D eigenvalue weighted by atomic mass is 10.1. The maximum atomic E-state index is 10.1. The Morgan fingerprint density at radius 2 is 2.40 bits per heavy atom. The Labute approximate surface area is 58.1 Å². The zero-order chi connectivity index (χ0) is 7.98. The maximum Gasteiger partial charge on any atom is 0.320 e. The Morgan fingerprint density at radius 3 is 2.70 bits per heavy atom. The highest BCUT2D eigenvalue weighted by atomic mass is 16.4. The quantitative estimate of drug-likeness (QED) is 0.567. The summed E-state index contributed by atoms with van der Waals surface area (Å²) < 4.78 is 0. The number of carboxylic acids is 1. The van der Waals surface area contributed by atoms with Crippen LogP contribution in [0.2, 0.25) is 0 Å². The van der Waals surface area contributed by atoms with Crippen LogP contribution >= 0.6 is 0 Å². The zero-order valence-corrected chi connectivity index (χ0v) is 5.28. The molecule has 0 radical (unpaired) electrons. The predicted octanol–water partition coefficient (Wildman–Crippen LogP) is 0.190. The van der Waals surface area contributed by atoms with E-state index in [1.165, 1.54) is 0 Å². The number of nitriles is 1. The van der Waals surface area contributed by atoms with E-state index in [9.17, 15) is 9.59 Å². The molecule has 0 aromatic carbocycles. The first-order chi connectivity index (χ1) is 4.72. The van der Waals surface area contributed by atoms with Crippen molar-refractivity contribution in [2.45, 2.75) is 12.8 Å². The molecule has 4 heteroatoms. The van der Waals surface area contributed by atoms with Gasteiger partial charge in [-0.15, -0.1) is 0 Å². The molecule has 54 valence electrons. The van der Waals surface area contributed by atoms with Gasteiger partial charge in [-0.25, -0.2) is 0 Å². The topological polar surface area (TPSA) is 78.2 Å². The highest BCUT2D eigenvalue weighted by Crippen LogP contribution is 2.02. The van der Waals surface area contributed by atoms with Crippen molar-refractivity contribution in [3.05, 3.63) is 0 Å². The minimum Gasteiger partial charge on any atom is -0.480 e. The average molecular weight is 141 g/mol. The summed E-state index contributed by atoms with van der Waals surface area (Å²) in [7, 11) is 0. The SMILES string of the molecule is N#CC(CCC=O)C(=O)O. The van der Waals surface area contributed by atoms with Crippen LogP contribution in [-0.2, 0) is 9.59 Å². The van der Waals surface area contributed by atoms with Gasteiger partial charge in [0.15, 0.2) is 0 Å². The van der Waals surface area contributed by atoms with Crippen LogP contribution in [0.3, 0.4) is 0 Å². The van der Waals surface area contributed by atoms with Gasteiger partial charge in [-0.1, -0.05) is 0 Å². The molecule has 0 aromatic rings. The third-order valence-electron chi connectivity index (χ3n) is 1.03. The molecule has 0 bridgehead atoms. The van der Waals surface area contributed by atoms with Crippen LogP contribution in [0.1, 0.15) is 12.8 Å². The Bertz CT molecular complexity index is 170. The van der Waals surface area contributed by atoms with Crippen molar-refractivity contribution in [3.63, 3.8) is 0 Å². The molecule has 0 saturated carbocycles. The normalized spacial score (nSPS) is 11.5. The fraction of sp³-hybridized carbons (Fsp3) is 0.500. The number of carbonyl (C=O) groups excluding carboxylic acids is 1. The Balaban J connectivity index is 3.75. The monoisotopic (exact) mass is 141 g/mol. The first-order valence-electron chi connectivity index (χ1n) is 2.78. The van der Waals surface area contributed by atoms with Crippen molar-refractivity contribution in [2.24, 2.45) is 5.92 Å². The van der Waals surface area contributed by atoms with Crippen molar-refractivity contribution in [3.8, 4) is 6.07 Å². The van der Waals surface area contributed by atoms with Crippen molar-refractivity contribution in [2.75, 3.05) is 0 Å². The van der Waals surface area contributed by atoms with Gasteiger partial charge in [0.05, 0.1) is 6.07 Å². The van der Waals surface area contributed by atoms with Gasteiger partial charge in [0.2, 0.25) is 0 Å². The molecule has 0 aliphatic carbocycles. The summed E-state index contributed by atoms with van der Waals surface area (Å²) in [5.41, 5.74) is 0. The summed E-state index contributed by atoms with van der Waals surface area (Å²) in [4.78, 5) is 19.8. The molecule has 0 spiro atoms. The van der Waals surface area contributed by atoms with Crippen molar-refractivity contribution in [1.29, 1.82) is 5.26 Å². The second-order valence-corrected chi connectivity index (χ2v) is 1.76. The molecule has 0 fully saturated rings. The molecule has 0 rings (SSSR count). The number of aldehydes is 1. The number of hydrogen-bond donors (Lipinski definition) is 1. The largest absolute Gasteiger partial charge is 0.480 e. The molecular weight excluding hydrogens is 134 g/mol. The number of carboxylic acid groups (broad SMARTS) is 1. The van der Waals surface area contributed by atoms with E-state index in [0.29, 0.717) is 6.29 Å². The molecule has 0 aromatic heterocycles. The Hall–Kier alpha value is -1.37. The van der Waals surface area contributed by atoms with Gasteiger partial charge in [-0.3, -0.25) is 4.79 Å². The summed E-state index contributed by atoms with van der Waals surface area (Å²) in [5, 5.41) is 16.4. The van der Waals surface area contributed by atoms with E-state index < -0.39 is 11.9 Å². The van der Waals surface area contributed by atoms with Gasteiger partial charge in [-0.2, -0.15) is 5.26 Å². The number of hydrogen-bond acceptors (Lipinski definition) is 3. The average Bonchev–Trinajstić information content (AvgIpc) is 1.89. The van der Waals surface area contributed by atoms with Crippen molar-refractivity contribution < 1.29 is 14.7 Å². The predicted molar refractivity (Wildman–Crippen MR) is 32.0 cm³/mol. The smallest absolute Gasteiger partial charge is 0.320 e. The molecule has 0 aliphatic heterocycles. The van der Waals surface area contributed by atoms with Gasteiger partial charge in [0, 0.05) is 6.42 Å². The standard InChI is InChI=1S/C6H7NO3/c7-4-5(6(9)10)2-1-3-8/h3,5H,1-2H2,(H,9,10). The van der Waals surface area contributed by atoms with Crippen LogP contribution < -0.4 is 0 Å². The van der Waals surface area contributed by atoms with Gasteiger partial charge < -0.3 is 9.90 Å². The van der Waals surface area contributed by atoms with Crippen LogP contribution in [0.25, 0.3) is 0 Å². The molecule has 1 N–H and O–H groups in total. The summed E-state index contributed by atoms with van der Waals surface area (Å²) in [6, 6.07) is 1.58. The number of carbonyl (C=O) groups is 2. The number of aliphatic carboxylic acids is 1. The van der Waals surface area contributed by atoms with E-state index in [-0.39, 0.29) is 12.8 Å². The fourth-order valence-electron chi connectivity index (χ4n) is 0.478. The van der Waals surface area contributed by atoms with Crippen molar-refractivity contribution >= 4 is 12.3 Å². The maximum absolute atomic E-state index is 10.1. The van der Waals surface area contributed by atoms with Gasteiger partial charge in [0.25, 0.3) is 0 Å². The first kappa shape index (κ1) is 8.63. The molecule has 1 atom stereocenters. The first-order valence-corrected chi connectivity index (χ1v) is 2.78. The summed E-state index contributed by atoms with van der Waals surface area (Å²) in [5.74, 6) is -2.20. The molecule has 0 heterocycles. The summed E-state index contributed by atoms with van der Waals surface area (Å²) >= 11 is 0. The van der Waals surface area contributed by atoms with Gasteiger partial charge in [-0.05, 0) is 6.42 Å². The lowest BCUT2D eigenvalue weighted by molar-refractivity contribution is -0.139. The lowest BCUT2D eigenvalue weighted by Crippen LogP contribution is -2.10. The van der Waals surface area contributed by atoms with Crippen LogP contribution in [0.15, 0.2) is 0 Å². The minimum atomic E-state index is -1.16. The van der Waals surface area contributed by atoms with E-state index in [0.717, 1.165) is 0 Å². The van der Waals surface area contributed by atoms with E-state index >= 15 is 0 Å². The summed E-state index contributed by atoms with van der Waals surface area (Å²) in [6.07, 6.45) is 0.840. The lowest BCUT2D eigenvalue weighted by Gasteiger charge is -1.96. The van der Waals surface area contributed by atoms with Gasteiger partial charge >= 0.3 is 5.97 Å². The molecule has 0 amide bonds. The van der Waals surface area contributed by atoms with E-state index in [2.05, 4.69) is 0 Å². The Kier molecular flexibility index (Phi) is 3.89. The van der Waals surface area contributed by atoms with Crippen LogP contribution in [0, 0.1) is 17.2 Å².